The maximum Gasteiger partial charge on any atom is 0.328 e. The van der Waals surface area contributed by atoms with Crippen LogP contribution in [0.2, 0.25) is 0 Å². The zero-order chi connectivity index (χ0) is 24.3. The van der Waals surface area contributed by atoms with Crippen molar-refractivity contribution in [1.82, 2.24) is 14.8 Å². The number of carboxylic acid groups (broad SMARTS) is 2. The minimum atomic E-state index is -1.26. The van der Waals surface area contributed by atoms with Crippen LogP contribution >= 0.6 is 0 Å². The van der Waals surface area contributed by atoms with E-state index < -0.39 is 11.9 Å². The van der Waals surface area contributed by atoms with E-state index in [-0.39, 0.29) is 24.5 Å². The number of aliphatic hydroxyl groups excluding tert-OH is 1. The Bertz CT molecular complexity index is 1120. The number of aryl methyl sites for hydroxylation is 1. The molecule has 1 aliphatic heterocycles. The Hall–Kier alpha value is -3.43. The van der Waals surface area contributed by atoms with E-state index >= 15 is 0 Å². The zero-order valence-electron chi connectivity index (χ0n) is 18.9. The average Bonchev–Trinajstić information content (AvgIpc) is 3.09. The Morgan fingerprint density at radius 1 is 1.18 bits per heavy atom. The highest BCUT2D eigenvalue weighted by atomic mass is 16.4. The van der Waals surface area contributed by atoms with Gasteiger partial charge in [0.05, 0.1) is 12.5 Å². The molecule has 3 atom stereocenters. The lowest BCUT2D eigenvalue weighted by atomic mass is 9.80. The number of aromatic nitrogens is 1. The van der Waals surface area contributed by atoms with E-state index in [4.69, 9.17) is 10.2 Å². The minimum absolute atomic E-state index is 0.00890. The molecule has 1 aromatic heterocycles. The number of benzene rings is 1. The molecule has 4 N–H and O–H groups in total. The van der Waals surface area contributed by atoms with Gasteiger partial charge < -0.3 is 25.2 Å². The fourth-order valence-corrected chi connectivity index (χ4v) is 4.43. The molecule has 0 radical (unpaired) electrons. The first-order valence-electron chi connectivity index (χ1n) is 10.7. The summed E-state index contributed by atoms with van der Waals surface area (Å²) in [4.78, 5) is 34.0. The molecule has 0 saturated carbocycles. The van der Waals surface area contributed by atoms with Crippen LogP contribution in [0.1, 0.15) is 18.1 Å². The normalized spacial score (nSPS) is 20.4. The first kappa shape index (κ1) is 24.2. The third kappa shape index (κ3) is 5.32. The summed E-state index contributed by atoms with van der Waals surface area (Å²) in [6, 6.07) is 6.53. The smallest absolute Gasteiger partial charge is 0.328 e. The third-order valence-electron chi connectivity index (χ3n) is 5.94. The highest BCUT2D eigenvalue weighted by Gasteiger charge is 2.36. The number of fused-ring (bicyclic) bond motifs is 2. The van der Waals surface area contributed by atoms with Gasteiger partial charge in [0.15, 0.2) is 0 Å². The maximum absolute atomic E-state index is 12.6. The van der Waals surface area contributed by atoms with Crippen molar-refractivity contribution < 1.29 is 29.7 Å². The van der Waals surface area contributed by atoms with Crippen LogP contribution < -0.4 is 5.32 Å². The molecule has 1 aromatic carbocycles. The van der Waals surface area contributed by atoms with E-state index in [2.05, 4.69) is 59.4 Å². The molecule has 0 unspecified atom stereocenters. The second-order valence-electron chi connectivity index (χ2n) is 8.45. The van der Waals surface area contributed by atoms with Gasteiger partial charge in [-0.15, -0.1) is 0 Å². The van der Waals surface area contributed by atoms with E-state index in [0.717, 1.165) is 6.42 Å². The summed E-state index contributed by atoms with van der Waals surface area (Å²) in [5.41, 5.74) is 5.15. The molecule has 9 heteroatoms. The monoisotopic (exact) mass is 455 g/mol. The van der Waals surface area contributed by atoms with E-state index in [1.54, 1.807) is 0 Å². The second-order valence-corrected chi connectivity index (χ2v) is 8.45. The number of nitrogens with zero attached hydrogens (tertiary/aromatic N) is 2. The summed E-state index contributed by atoms with van der Waals surface area (Å²) in [5, 5.41) is 29.0. The number of nitrogens with one attached hydrogen (secondary N) is 1. The van der Waals surface area contributed by atoms with Crippen LogP contribution in [0, 0.1) is 5.92 Å². The summed E-state index contributed by atoms with van der Waals surface area (Å²) in [6.07, 6.45) is 6.48. The quantitative estimate of drug-likeness (QED) is 0.499. The van der Waals surface area contributed by atoms with Gasteiger partial charge in [-0.2, -0.15) is 0 Å². The van der Waals surface area contributed by atoms with Gasteiger partial charge in [0.2, 0.25) is 5.91 Å². The van der Waals surface area contributed by atoms with Crippen molar-refractivity contribution in [3.05, 3.63) is 53.8 Å². The van der Waals surface area contributed by atoms with E-state index in [1.165, 1.54) is 27.6 Å². The van der Waals surface area contributed by atoms with Crippen molar-refractivity contribution in [2.45, 2.75) is 25.4 Å². The van der Waals surface area contributed by atoms with Crippen LogP contribution in [-0.4, -0.2) is 74.9 Å². The van der Waals surface area contributed by atoms with Gasteiger partial charge in [0.1, 0.15) is 0 Å². The number of carbonyl (C=O) groups excluding carboxylic acids is 1. The van der Waals surface area contributed by atoms with Crippen molar-refractivity contribution >= 4 is 34.3 Å². The molecule has 0 fully saturated rings. The van der Waals surface area contributed by atoms with Gasteiger partial charge in [0, 0.05) is 54.9 Å². The Morgan fingerprint density at radius 3 is 2.45 bits per heavy atom. The van der Waals surface area contributed by atoms with Gasteiger partial charge in [-0.3, -0.25) is 9.69 Å². The summed E-state index contributed by atoms with van der Waals surface area (Å²) < 4.78 is 2.19. The number of likely N-dealkylation sites (N-methyl/N-ethyl adjacent to an activating group) is 1. The summed E-state index contributed by atoms with van der Waals surface area (Å²) in [5.74, 6) is -2.71. The van der Waals surface area contributed by atoms with E-state index in [1.807, 2.05) is 6.92 Å². The number of hydrogen-bond acceptors (Lipinski definition) is 5. The topological polar surface area (TPSA) is 132 Å². The molecule has 0 spiro atoms. The third-order valence-corrected chi connectivity index (χ3v) is 5.94. The van der Waals surface area contributed by atoms with Crippen molar-refractivity contribution in [1.29, 1.82) is 0 Å². The molecule has 1 amide bonds. The first-order valence-corrected chi connectivity index (χ1v) is 10.7. The fourth-order valence-electron chi connectivity index (χ4n) is 4.43. The average molecular weight is 456 g/mol. The standard InChI is InChI=1S/C20H25N3O2.C4H4O4/c1-12(11-24)21-20(25)14-7-16-15-5-4-6-17-19(15)13(9-22(17)2)8-18(16)23(3)10-14;5-3(6)1-2-4(7)8/h4-7,9,12,14,18,24H,8,10-11H2,1-3H3,(H,21,25);1-2H,(H,5,6)(H,7,8)/b;2-1-/t12-,14+,18+;/m0./s1. The molecular weight excluding hydrogens is 426 g/mol. The number of amides is 1. The molecule has 2 aromatic rings. The van der Waals surface area contributed by atoms with E-state index in [9.17, 15) is 19.5 Å². The number of aliphatic hydroxyl groups is 1. The minimum Gasteiger partial charge on any atom is -0.478 e. The van der Waals surface area contributed by atoms with Gasteiger partial charge >= 0.3 is 11.9 Å². The first-order chi connectivity index (χ1) is 15.6. The van der Waals surface area contributed by atoms with E-state index in [0.29, 0.717) is 24.7 Å². The van der Waals surface area contributed by atoms with Gasteiger partial charge in [-0.05, 0) is 43.2 Å². The number of aliphatic carboxylic acids is 2. The number of carboxylic acids is 2. The molecule has 0 bridgehead atoms. The number of hydrogen-bond donors (Lipinski definition) is 4. The predicted octanol–water partition coefficient (Wildman–Crippen LogP) is 1.26. The van der Waals surface area contributed by atoms with Crippen LogP contribution in [0.15, 0.2) is 42.6 Å². The van der Waals surface area contributed by atoms with Crippen LogP contribution in [0.5, 0.6) is 0 Å². The molecular formula is C24H29N3O6. The number of carbonyl (C=O) groups is 3. The lowest BCUT2D eigenvalue weighted by molar-refractivity contribution is -0.134. The highest BCUT2D eigenvalue weighted by molar-refractivity contribution is 5.99. The molecule has 4 rings (SSSR count). The summed E-state index contributed by atoms with van der Waals surface area (Å²) >= 11 is 0. The van der Waals surface area contributed by atoms with Crippen molar-refractivity contribution in [3.8, 4) is 0 Å². The lowest BCUT2D eigenvalue weighted by Gasteiger charge is -2.39. The molecule has 33 heavy (non-hydrogen) atoms. The predicted molar refractivity (Wildman–Crippen MR) is 124 cm³/mol. The van der Waals surface area contributed by atoms with Crippen molar-refractivity contribution in [3.63, 3.8) is 0 Å². The van der Waals surface area contributed by atoms with Crippen molar-refractivity contribution in [2.24, 2.45) is 13.0 Å². The largest absolute Gasteiger partial charge is 0.478 e. The van der Waals surface area contributed by atoms with Crippen LogP contribution in [0.4, 0.5) is 0 Å². The van der Waals surface area contributed by atoms with Crippen LogP contribution in [0.3, 0.4) is 0 Å². The summed E-state index contributed by atoms with van der Waals surface area (Å²) in [6.45, 7) is 2.48. The molecule has 176 valence electrons. The lowest BCUT2D eigenvalue weighted by Crippen LogP contribution is -2.48. The fraction of sp³-hybridized carbons (Fsp3) is 0.375. The number of rotatable bonds is 5. The SMILES string of the molecule is C[C@@H](CO)NC(=O)[C@@H]1C=C2c3cccc4c3c(cn4C)C[C@H]2N(C)C1.O=C(O)/C=C\C(=O)O. The molecule has 0 saturated heterocycles. The zero-order valence-corrected chi connectivity index (χ0v) is 18.9. The maximum atomic E-state index is 12.6. The Labute approximate surface area is 191 Å². The van der Waals surface area contributed by atoms with Gasteiger partial charge in [-0.1, -0.05) is 18.2 Å². The Balaban J connectivity index is 0.000000331. The van der Waals surface area contributed by atoms with Gasteiger partial charge in [0.25, 0.3) is 0 Å². The highest BCUT2D eigenvalue weighted by Crippen LogP contribution is 2.41. The molecule has 2 aliphatic rings. The Morgan fingerprint density at radius 2 is 1.85 bits per heavy atom. The Kier molecular flexibility index (Phi) is 7.35. The van der Waals surface area contributed by atoms with Crippen molar-refractivity contribution in [2.75, 3.05) is 20.2 Å². The van der Waals surface area contributed by atoms with Gasteiger partial charge in [-0.25, -0.2) is 9.59 Å². The summed E-state index contributed by atoms with van der Waals surface area (Å²) in [7, 11) is 4.19. The van der Waals surface area contributed by atoms with Crippen LogP contribution in [-0.2, 0) is 27.9 Å². The van der Waals surface area contributed by atoms with Crippen LogP contribution in [0.25, 0.3) is 16.5 Å². The molecule has 1 aliphatic carbocycles. The second kappa shape index (κ2) is 10.0. The molecule has 2 heterocycles. The molecule has 9 nitrogen and oxygen atoms in total.